The lowest BCUT2D eigenvalue weighted by atomic mass is 10.1. The summed E-state index contributed by atoms with van der Waals surface area (Å²) in [5, 5.41) is 2.34. The van der Waals surface area contributed by atoms with Crippen LogP contribution in [0.5, 0.6) is 11.5 Å². The Bertz CT molecular complexity index is 1530. The van der Waals surface area contributed by atoms with Crippen LogP contribution in [0.1, 0.15) is 10.4 Å². The van der Waals surface area contributed by atoms with Gasteiger partial charge in [0.05, 0.1) is 40.8 Å². The third kappa shape index (κ3) is 5.43. The highest BCUT2D eigenvalue weighted by Crippen LogP contribution is 2.36. The number of benzene rings is 3. The summed E-state index contributed by atoms with van der Waals surface area (Å²) in [4.78, 5) is 28.7. The summed E-state index contributed by atoms with van der Waals surface area (Å²) in [6, 6.07) is 12.8. The number of anilines is 2. The minimum Gasteiger partial charge on any atom is -0.457 e. The fourth-order valence-corrected chi connectivity index (χ4v) is 6.18. The Morgan fingerprint density at radius 1 is 0.974 bits per heavy atom. The minimum absolute atomic E-state index is 0.0845. The monoisotopic (exact) mass is 557 g/mol. The molecule has 5 rings (SSSR count). The highest BCUT2D eigenvalue weighted by atomic mass is 32.2. The van der Waals surface area contributed by atoms with Gasteiger partial charge >= 0.3 is 0 Å². The van der Waals surface area contributed by atoms with Gasteiger partial charge in [0.1, 0.15) is 29.2 Å². The molecule has 0 bridgehead atoms. The van der Waals surface area contributed by atoms with Crippen molar-refractivity contribution >= 4 is 33.0 Å². The smallest absolute Gasteiger partial charge is 0.255 e. The molecule has 0 spiro atoms. The number of carbonyl (C=O) groups excluding carboxylic acids is 2. The molecule has 9 nitrogen and oxygen atoms in total. The van der Waals surface area contributed by atoms with Gasteiger partial charge in [-0.05, 0) is 36.4 Å². The highest BCUT2D eigenvalue weighted by Gasteiger charge is 2.39. The molecular formula is C27H25F2N3O6S. The van der Waals surface area contributed by atoms with E-state index in [2.05, 4.69) is 5.32 Å². The quantitative estimate of drug-likeness (QED) is 0.481. The maximum atomic E-state index is 15.1. The minimum atomic E-state index is -4.18. The summed E-state index contributed by atoms with van der Waals surface area (Å²) in [6.45, 7) is 1.48. The zero-order valence-electron chi connectivity index (χ0n) is 20.9. The predicted molar refractivity (Wildman–Crippen MR) is 139 cm³/mol. The maximum absolute atomic E-state index is 15.1. The lowest BCUT2D eigenvalue weighted by molar-refractivity contribution is -0.119. The van der Waals surface area contributed by atoms with Gasteiger partial charge in [-0.3, -0.25) is 9.59 Å². The number of para-hydroxylation sites is 1. The molecule has 39 heavy (non-hydrogen) atoms. The molecule has 0 radical (unpaired) electrons. The first-order chi connectivity index (χ1) is 18.6. The fraction of sp³-hybridized carbons (Fsp3) is 0.259. The zero-order valence-corrected chi connectivity index (χ0v) is 21.7. The average Bonchev–Trinajstić information content (AvgIpc) is 2.99. The van der Waals surface area contributed by atoms with Crippen molar-refractivity contribution in [3.63, 3.8) is 0 Å². The van der Waals surface area contributed by atoms with E-state index in [-0.39, 0.29) is 22.0 Å². The van der Waals surface area contributed by atoms with Crippen LogP contribution < -0.4 is 19.9 Å². The fourth-order valence-electron chi connectivity index (χ4n) is 4.53. The Kier molecular flexibility index (Phi) is 7.23. The molecule has 2 aliphatic heterocycles. The van der Waals surface area contributed by atoms with Crippen LogP contribution in [-0.4, -0.2) is 65.4 Å². The van der Waals surface area contributed by atoms with Crippen molar-refractivity contribution in [1.82, 2.24) is 5.32 Å². The lowest BCUT2D eigenvalue weighted by Crippen LogP contribution is -2.49. The average molecular weight is 558 g/mol. The normalized spacial score (nSPS) is 18.7. The Hall–Kier alpha value is -4.03. The number of hydrogen-bond donors (Lipinski definition) is 1. The van der Waals surface area contributed by atoms with Gasteiger partial charge in [0, 0.05) is 26.2 Å². The summed E-state index contributed by atoms with van der Waals surface area (Å²) >= 11 is 0. The molecule has 0 aromatic heterocycles. The van der Waals surface area contributed by atoms with E-state index in [9.17, 15) is 22.4 Å². The van der Waals surface area contributed by atoms with Crippen molar-refractivity contribution in [3.8, 4) is 11.5 Å². The molecule has 1 N–H and O–H groups in total. The first-order valence-electron chi connectivity index (χ1n) is 12.1. The van der Waals surface area contributed by atoms with Gasteiger partial charge in [0.25, 0.3) is 5.91 Å². The standard InChI is InChI=1S/C27H25F2N3O6S/c1-31-24-14-21(29)23(32-9-11-37-12-10-32)15-25(24)39(35,36)16-22(27(31)34)30-26(33)19-13-18(7-8-20(19)28)38-17-5-3-2-4-6-17/h2-8,13-15,22H,9-12,16H2,1H3,(H,30,33)/t22-/m0/s1. The van der Waals surface area contributed by atoms with Crippen LogP contribution in [0.2, 0.25) is 0 Å². The van der Waals surface area contributed by atoms with Crippen molar-refractivity contribution in [2.75, 3.05) is 48.9 Å². The van der Waals surface area contributed by atoms with Crippen LogP contribution in [0, 0.1) is 11.6 Å². The molecule has 0 aliphatic carbocycles. The van der Waals surface area contributed by atoms with Crippen molar-refractivity contribution in [2.45, 2.75) is 10.9 Å². The molecule has 2 amide bonds. The SMILES string of the molecule is CN1C(=O)[C@@H](NC(=O)c2cc(Oc3ccccc3)ccc2F)CS(=O)(=O)c2cc(N3CCOCC3)c(F)cc21. The van der Waals surface area contributed by atoms with E-state index < -0.39 is 50.6 Å². The molecule has 0 unspecified atom stereocenters. The van der Waals surface area contributed by atoms with Gasteiger partial charge in [-0.25, -0.2) is 17.2 Å². The zero-order chi connectivity index (χ0) is 27.7. The number of fused-ring (bicyclic) bond motifs is 1. The molecule has 3 aromatic carbocycles. The number of morpholine rings is 1. The molecule has 1 atom stereocenters. The summed E-state index contributed by atoms with van der Waals surface area (Å²) < 4.78 is 67.4. The van der Waals surface area contributed by atoms with Gasteiger partial charge in [-0.2, -0.15) is 0 Å². The first-order valence-corrected chi connectivity index (χ1v) is 13.8. The largest absolute Gasteiger partial charge is 0.457 e. The molecule has 204 valence electrons. The van der Waals surface area contributed by atoms with Crippen molar-refractivity contribution in [1.29, 1.82) is 0 Å². The van der Waals surface area contributed by atoms with E-state index in [0.717, 1.165) is 23.1 Å². The summed E-state index contributed by atoms with van der Waals surface area (Å²) in [5.74, 6) is -3.52. The lowest BCUT2D eigenvalue weighted by Gasteiger charge is -2.30. The number of nitrogens with zero attached hydrogens (tertiary/aromatic N) is 2. The summed E-state index contributed by atoms with van der Waals surface area (Å²) in [7, 11) is -2.88. The molecule has 3 aromatic rings. The van der Waals surface area contributed by atoms with Crippen LogP contribution in [-0.2, 0) is 19.4 Å². The molecule has 2 heterocycles. The second-order valence-corrected chi connectivity index (χ2v) is 11.1. The third-order valence-corrected chi connectivity index (χ3v) is 8.33. The van der Waals surface area contributed by atoms with Crippen LogP contribution in [0.4, 0.5) is 20.2 Å². The number of carbonyl (C=O) groups is 2. The molecule has 1 saturated heterocycles. The third-order valence-electron chi connectivity index (χ3n) is 6.56. The first kappa shape index (κ1) is 26.6. The Balaban J connectivity index is 1.42. The highest BCUT2D eigenvalue weighted by molar-refractivity contribution is 7.91. The van der Waals surface area contributed by atoms with Crippen LogP contribution in [0.15, 0.2) is 65.6 Å². The second-order valence-electron chi connectivity index (χ2n) is 9.13. The summed E-state index contributed by atoms with van der Waals surface area (Å²) in [5.41, 5.74) is -0.490. The maximum Gasteiger partial charge on any atom is 0.255 e. The number of nitrogens with one attached hydrogen (secondary N) is 1. The van der Waals surface area contributed by atoms with Gasteiger partial charge in [0.2, 0.25) is 5.91 Å². The van der Waals surface area contributed by atoms with Crippen molar-refractivity contribution in [2.24, 2.45) is 0 Å². The number of hydrogen-bond acceptors (Lipinski definition) is 7. The van der Waals surface area contributed by atoms with Crippen LogP contribution in [0.25, 0.3) is 0 Å². The van der Waals surface area contributed by atoms with E-state index in [1.54, 1.807) is 35.2 Å². The van der Waals surface area contributed by atoms with Gasteiger partial charge < -0.3 is 24.6 Å². The molecule has 1 fully saturated rings. The molecule has 0 saturated carbocycles. The Morgan fingerprint density at radius 3 is 2.41 bits per heavy atom. The number of sulfone groups is 1. The van der Waals surface area contributed by atoms with E-state index in [1.807, 2.05) is 0 Å². The van der Waals surface area contributed by atoms with E-state index >= 15 is 4.39 Å². The van der Waals surface area contributed by atoms with Crippen LogP contribution >= 0.6 is 0 Å². The van der Waals surface area contributed by atoms with Gasteiger partial charge in [0.15, 0.2) is 9.84 Å². The topological polar surface area (TPSA) is 105 Å². The Labute approximate surface area is 223 Å². The Morgan fingerprint density at radius 2 is 1.69 bits per heavy atom. The number of likely N-dealkylation sites (N-methyl/N-ethyl adjacent to an activating group) is 1. The number of rotatable bonds is 5. The molecule has 12 heteroatoms. The van der Waals surface area contributed by atoms with Crippen molar-refractivity contribution < 1.29 is 36.3 Å². The number of amides is 2. The number of halogens is 2. The molecular weight excluding hydrogens is 532 g/mol. The van der Waals surface area contributed by atoms with Gasteiger partial charge in [-0.1, -0.05) is 18.2 Å². The second kappa shape index (κ2) is 10.6. The van der Waals surface area contributed by atoms with E-state index in [4.69, 9.17) is 9.47 Å². The molecule has 2 aliphatic rings. The van der Waals surface area contributed by atoms with Gasteiger partial charge in [-0.15, -0.1) is 0 Å². The van der Waals surface area contributed by atoms with E-state index in [1.165, 1.54) is 19.2 Å². The predicted octanol–water partition coefficient (Wildman–Crippen LogP) is 3.14. The van der Waals surface area contributed by atoms with Crippen molar-refractivity contribution in [3.05, 3.63) is 77.9 Å². The summed E-state index contributed by atoms with van der Waals surface area (Å²) in [6.07, 6.45) is 0. The van der Waals surface area contributed by atoms with Crippen LogP contribution in [0.3, 0.4) is 0 Å². The van der Waals surface area contributed by atoms with E-state index in [0.29, 0.717) is 32.1 Å². The number of ether oxygens (including phenoxy) is 2.